The monoisotopic (exact) mass is 248 g/mol. The first-order valence-corrected chi connectivity index (χ1v) is 5.71. The third-order valence-corrected chi connectivity index (χ3v) is 2.84. The maximum Gasteiger partial charge on any atom is 0.134 e. The zero-order chi connectivity index (χ0) is 12.3. The van der Waals surface area contributed by atoms with Gasteiger partial charge in [0.05, 0.1) is 6.61 Å². The van der Waals surface area contributed by atoms with E-state index in [4.69, 9.17) is 16.3 Å². The van der Waals surface area contributed by atoms with Crippen LogP contribution in [0.3, 0.4) is 0 Å². The van der Waals surface area contributed by atoms with Gasteiger partial charge in [0.15, 0.2) is 0 Å². The van der Waals surface area contributed by atoms with E-state index in [-0.39, 0.29) is 6.61 Å². The van der Waals surface area contributed by atoms with Crippen LogP contribution in [0.25, 0.3) is 0 Å². The van der Waals surface area contributed by atoms with E-state index in [1.54, 1.807) is 18.2 Å². The maximum atomic E-state index is 9.26. The molecule has 0 bridgehead atoms. The molecule has 0 spiro atoms. The molecule has 0 aliphatic heterocycles. The molecule has 2 nitrogen and oxygen atoms in total. The van der Waals surface area contributed by atoms with Crippen molar-refractivity contribution < 1.29 is 9.84 Å². The largest absolute Gasteiger partial charge is 0.457 e. The fraction of sp³-hybridized carbons (Fsp3) is 0.143. The highest BCUT2D eigenvalue weighted by atomic mass is 35.5. The van der Waals surface area contributed by atoms with E-state index in [9.17, 15) is 5.11 Å². The number of aryl methyl sites for hydroxylation is 1. The van der Waals surface area contributed by atoms with Crippen molar-refractivity contribution in [2.45, 2.75) is 13.5 Å². The summed E-state index contributed by atoms with van der Waals surface area (Å²) < 4.78 is 5.69. The van der Waals surface area contributed by atoms with Crippen LogP contribution in [-0.2, 0) is 6.61 Å². The highest BCUT2D eigenvalue weighted by Crippen LogP contribution is 2.30. The molecule has 3 heteroatoms. The lowest BCUT2D eigenvalue weighted by Crippen LogP contribution is -1.92. The minimum atomic E-state index is -0.138. The fourth-order valence-corrected chi connectivity index (χ4v) is 1.75. The van der Waals surface area contributed by atoms with Crippen molar-refractivity contribution in [1.29, 1.82) is 0 Å². The van der Waals surface area contributed by atoms with Gasteiger partial charge >= 0.3 is 0 Å². The summed E-state index contributed by atoms with van der Waals surface area (Å²) in [5.41, 5.74) is 1.78. The summed E-state index contributed by atoms with van der Waals surface area (Å²) in [6, 6.07) is 13.0. The number of ether oxygens (including phenoxy) is 1. The quantitative estimate of drug-likeness (QED) is 0.892. The van der Waals surface area contributed by atoms with E-state index in [1.165, 1.54) is 5.56 Å². The molecular formula is C14H13ClO2. The number of halogens is 1. The molecule has 2 rings (SSSR count). The number of aliphatic hydroxyl groups excluding tert-OH is 1. The first kappa shape index (κ1) is 12.0. The van der Waals surface area contributed by atoms with E-state index < -0.39 is 0 Å². The zero-order valence-corrected chi connectivity index (χ0v) is 10.2. The normalized spacial score (nSPS) is 10.3. The number of benzene rings is 2. The first-order valence-electron chi connectivity index (χ1n) is 5.33. The Labute approximate surface area is 105 Å². The molecule has 0 radical (unpaired) electrons. The smallest absolute Gasteiger partial charge is 0.134 e. The Morgan fingerprint density at radius 1 is 1.12 bits per heavy atom. The summed E-state index contributed by atoms with van der Waals surface area (Å²) in [5.74, 6) is 1.32. The summed E-state index contributed by atoms with van der Waals surface area (Å²) >= 11 is 5.98. The van der Waals surface area contributed by atoms with Gasteiger partial charge in [-0.1, -0.05) is 35.4 Å². The van der Waals surface area contributed by atoms with Gasteiger partial charge in [-0.25, -0.2) is 0 Å². The summed E-state index contributed by atoms with van der Waals surface area (Å²) in [6.07, 6.45) is 0. The van der Waals surface area contributed by atoms with Crippen molar-refractivity contribution in [3.63, 3.8) is 0 Å². The van der Waals surface area contributed by atoms with Crippen molar-refractivity contribution in [3.05, 3.63) is 58.6 Å². The first-order chi connectivity index (χ1) is 8.20. The summed E-state index contributed by atoms with van der Waals surface area (Å²) in [6.45, 7) is 1.88. The second kappa shape index (κ2) is 5.21. The standard InChI is InChI=1S/C14H13ClO2/c1-10-5-7-11(8-6-10)17-14-4-2-3-13(15)12(14)9-16/h2-8,16H,9H2,1H3. The molecule has 2 aromatic rings. The predicted octanol–water partition coefficient (Wildman–Crippen LogP) is 3.93. The van der Waals surface area contributed by atoms with Crippen LogP contribution < -0.4 is 4.74 Å². The van der Waals surface area contributed by atoms with E-state index in [2.05, 4.69) is 0 Å². The Bertz CT molecular complexity index is 506. The Kier molecular flexibility index (Phi) is 3.67. The summed E-state index contributed by atoms with van der Waals surface area (Å²) in [4.78, 5) is 0. The molecule has 0 aliphatic carbocycles. The van der Waals surface area contributed by atoms with E-state index in [1.807, 2.05) is 31.2 Å². The van der Waals surface area contributed by atoms with Gasteiger partial charge in [-0.15, -0.1) is 0 Å². The van der Waals surface area contributed by atoms with Crippen molar-refractivity contribution in [3.8, 4) is 11.5 Å². The molecule has 1 N–H and O–H groups in total. The van der Waals surface area contributed by atoms with Gasteiger partial charge in [-0.3, -0.25) is 0 Å². The third-order valence-electron chi connectivity index (χ3n) is 2.48. The average molecular weight is 249 g/mol. The molecule has 0 atom stereocenters. The van der Waals surface area contributed by atoms with E-state index >= 15 is 0 Å². The van der Waals surface area contributed by atoms with Crippen LogP contribution in [0.5, 0.6) is 11.5 Å². The molecule has 0 saturated carbocycles. The van der Waals surface area contributed by atoms with Crippen molar-refractivity contribution in [1.82, 2.24) is 0 Å². The number of rotatable bonds is 3. The Morgan fingerprint density at radius 3 is 2.47 bits per heavy atom. The van der Waals surface area contributed by atoms with Crippen LogP contribution in [0.2, 0.25) is 5.02 Å². The van der Waals surface area contributed by atoms with Gasteiger partial charge in [-0.05, 0) is 31.2 Å². The molecule has 0 unspecified atom stereocenters. The minimum Gasteiger partial charge on any atom is -0.457 e. The molecule has 0 aromatic heterocycles. The van der Waals surface area contributed by atoms with Gasteiger partial charge in [0.2, 0.25) is 0 Å². The maximum absolute atomic E-state index is 9.26. The highest BCUT2D eigenvalue weighted by molar-refractivity contribution is 6.31. The predicted molar refractivity (Wildman–Crippen MR) is 68.6 cm³/mol. The number of hydrogen-bond acceptors (Lipinski definition) is 2. The topological polar surface area (TPSA) is 29.5 Å². The lowest BCUT2D eigenvalue weighted by Gasteiger charge is -2.11. The van der Waals surface area contributed by atoms with Crippen LogP contribution >= 0.6 is 11.6 Å². The molecule has 2 aromatic carbocycles. The molecule has 17 heavy (non-hydrogen) atoms. The Morgan fingerprint density at radius 2 is 1.82 bits per heavy atom. The SMILES string of the molecule is Cc1ccc(Oc2cccc(Cl)c2CO)cc1. The molecular weight excluding hydrogens is 236 g/mol. The van der Waals surface area contributed by atoms with Crippen LogP contribution in [0.4, 0.5) is 0 Å². The lowest BCUT2D eigenvalue weighted by molar-refractivity contribution is 0.276. The Hall–Kier alpha value is -1.51. The molecule has 0 heterocycles. The number of aliphatic hydroxyl groups is 1. The minimum absolute atomic E-state index is 0.138. The van der Waals surface area contributed by atoms with Gasteiger partial charge < -0.3 is 9.84 Å². The summed E-state index contributed by atoms with van der Waals surface area (Å²) in [7, 11) is 0. The van der Waals surface area contributed by atoms with Gasteiger partial charge in [0.1, 0.15) is 11.5 Å². The van der Waals surface area contributed by atoms with Crippen LogP contribution in [-0.4, -0.2) is 5.11 Å². The van der Waals surface area contributed by atoms with Gasteiger partial charge in [0, 0.05) is 10.6 Å². The molecule has 0 amide bonds. The molecule has 0 fully saturated rings. The van der Waals surface area contributed by atoms with E-state index in [0.717, 1.165) is 5.75 Å². The molecule has 0 aliphatic rings. The third kappa shape index (κ3) is 2.78. The van der Waals surface area contributed by atoms with Crippen molar-refractivity contribution in [2.24, 2.45) is 0 Å². The fourth-order valence-electron chi connectivity index (χ4n) is 1.52. The second-order valence-corrected chi connectivity index (χ2v) is 4.20. The second-order valence-electron chi connectivity index (χ2n) is 3.79. The lowest BCUT2D eigenvalue weighted by atomic mass is 10.2. The van der Waals surface area contributed by atoms with Crippen molar-refractivity contribution >= 4 is 11.6 Å². The van der Waals surface area contributed by atoms with Crippen molar-refractivity contribution in [2.75, 3.05) is 0 Å². The zero-order valence-electron chi connectivity index (χ0n) is 9.48. The van der Waals surface area contributed by atoms with Crippen LogP contribution in [0.1, 0.15) is 11.1 Å². The molecule has 0 saturated heterocycles. The Balaban J connectivity index is 2.29. The van der Waals surface area contributed by atoms with Gasteiger partial charge in [0.25, 0.3) is 0 Å². The number of hydrogen-bond donors (Lipinski definition) is 1. The van der Waals surface area contributed by atoms with E-state index in [0.29, 0.717) is 16.3 Å². The van der Waals surface area contributed by atoms with Gasteiger partial charge in [-0.2, -0.15) is 0 Å². The van der Waals surface area contributed by atoms with Crippen LogP contribution in [0.15, 0.2) is 42.5 Å². The molecule has 88 valence electrons. The highest BCUT2D eigenvalue weighted by Gasteiger charge is 2.07. The summed E-state index contributed by atoms with van der Waals surface area (Å²) in [5, 5.41) is 9.77. The average Bonchev–Trinajstić information content (AvgIpc) is 2.32. The van der Waals surface area contributed by atoms with Crippen LogP contribution in [0, 0.1) is 6.92 Å².